The lowest BCUT2D eigenvalue weighted by Gasteiger charge is -2.20. The van der Waals surface area contributed by atoms with Crippen molar-refractivity contribution in [2.75, 3.05) is 26.8 Å². The number of hydrogen-bond donors (Lipinski definition) is 2. The molecule has 0 bridgehead atoms. The van der Waals surface area contributed by atoms with Gasteiger partial charge in [0.1, 0.15) is 0 Å². The van der Waals surface area contributed by atoms with Gasteiger partial charge in [0.15, 0.2) is 5.79 Å². The van der Waals surface area contributed by atoms with Gasteiger partial charge in [-0.15, -0.1) is 11.3 Å². The minimum atomic E-state index is -0.590. The molecule has 1 atom stereocenters. The molecule has 3 rings (SSSR count). The highest BCUT2D eigenvalue weighted by Crippen LogP contribution is 2.33. The number of rotatable bonds is 4. The van der Waals surface area contributed by atoms with E-state index in [1.165, 1.54) is 6.21 Å². The Bertz CT molecular complexity index is 539. The third kappa shape index (κ3) is 3.01. The Morgan fingerprint density at radius 3 is 3.05 bits per heavy atom. The molecule has 2 aliphatic rings. The van der Waals surface area contributed by atoms with Crippen LogP contribution in [0.5, 0.6) is 0 Å². The van der Waals surface area contributed by atoms with Crippen LogP contribution in [0, 0.1) is 5.41 Å². The molecule has 1 aromatic heterocycles. The van der Waals surface area contributed by atoms with Crippen molar-refractivity contribution in [3.8, 4) is 0 Å². The molecule has 1 spiro atoms. The van der Waals surface area contributed by atoms with Crippen LogP contribution in [0.2, 0.25) is 0 Å². The second-order valence-corrected chi connectivity index (χ2v) is 6.45. The van der Waals surface area contributed by atoms with Gasteiger partial charge in [0.05, 0.1) is 32.3 Å². The first-order valence-corrected chi connectivity index (χ1v) is 7.84. The number of likely N-dealkylation sites (tertiary alicyclic amines) is 1. The number of carbonyl (C=O) groups excluding carboxylic acids is 1. The first kappa shape index (κ1) is 14.6. The number of nitrogens with zero attached hydrogens (tertiary/aromatic N) is 1. The molecule has 2 aliphatic heterocycles. The van der Waals surface area contributed by atoms with Crippen molar-refractivity contribution in [1.29, 1.82) is 5.41 Å². The van der Waals surface area contributed by atoms with Gasteiger partial charge in [-0.1, -0.05) is 0 Å². The number of hydrogen-bond acceptors (Lipinski definition) is 6. The average Bonchev–Trinajstić information content (AvgIpc) is 3.18. The second kappa shape index (κ2) is 5.84. The van der Waals surface area contributed by atoms with Crippen LogP contribution in [0.15, 0.2) is 11.4 Å². The summed E-state index contributed by atoms with van der Waals surface area (Å²) < 4.78 is 11.3. The Kier molecular flexibility index (Phi) is 4.08. The van der Waals surface area contributed by atoms with E-state index in [2.05, 4.69) is 5.32 Å². The molecule has 21 heavy (non-hydrogen) atoms. The standard InChI is InChI=1S/C14H19N3O3S/c1-17-9-14(19-2-3-20-14)5-12(17)13(18)16-7-11-4-10(6-15)8-21-11/h4,6,8,12,15H,2-3,5,7,9H2,1H3,(H,16,18). The second-order valence-electron chi connectivity index (χ2n) is 5.45. The molecule has 3 heterocycles. The summed E-state index contributed by atoms with van der Waals surface area (Å²) in [5.41, 5.74) is 0.869. The molecule has 7 heteroatoms. The van der Waals surface area contributed by atoms with Crippen molar-refractivity contribution in [2.24, 2.45) is 0 Å². The SMILES string of the molecule is CN1CC2(CC1C(=O)NCc1cc(C=N)cs1)OCCO2. The van der Waals surface area contributed by atoms with Crippen molar-refractivity contribution in [3.63, 3.8) is 0 Å². The lowest BCUT2D eigenvalue weighted by molar-refractivity contribution is -0.146. The molecule has 2 saturated heterocycles. The monoisotopic (exact) mass is 309 g/mol. The maximum absolute atomic E-state index is 12.3. The molecule has 0 aromatic carbocycles. The summed E-state index contributed by atoms with van der Waals surface area (Å²) in [5, 5.41) is 12.1. The summed E-state index contributed by atoms with van der Waals surface area (Å²) in [5.74, 6) is -0.592. The van der Waals surface area contributed by atoms with Gasteiger partial charge in [-0.25, -0.2) is 0 Å². The molecule has 2 N–H and O–H groups in total. The molecule has 6 nitrogen and oxygen atoms in total. The highest BCUT2D eigenvalue weighted by atomic mass is 32.1. The summed E-state index contributed by atoms with van der Waals surface area (Å²) in [6.07, 6.45) is 1.89. The molecule has 0 radical (unpaired) electrons. The number of nitrogens with one attached hydrogen (secondary N) is 2. The van der Waals surface area contributed by atoms with Gasteiger partial charge in [-0.05, 0) is 18.5 Å². The third-order valence-electron chi connectivity index (χ3n) is 3.92. The van der Waals surface area contributed by atoms with Gasteiger partial charge in [0.25, 0.3) is 0 Å². The van der Waals surface area contributed by atoms with Gasteiger partial charge in [-0.2, -0.15) is 0 Å². The fourth-order valence-corrected chi connectivity index (χ4v) is 3.65. The normalized spacial score (nSPS) is 24.5. The van der Waals surface area contributed by atoms with Crippen LogP contribution in [0.3, 0.4) is 0 Å². The van der Waals surface area contributed by atoms with E-state index in [9.17, 15) is 4.79 Å². The summed E-state index contributed by atoms with van der Waals surface area (Å²) in [6, 6.07) is 1.70. The molecule has 0 aliphatic carbocycles. The fourth-order valence-electron chi connectivity index (χ4n) is 2.86. The van der Waals surface area contributed by atoms with Gasteiger partial charge in [0, 0.05) is 23.1 Å². The first-order valence-electron chi connectivity index (χ1n) is 6.96. The predicted octanol–water partition coefficient (Wildman–Crippen LogP) is 0.809. The Labute approximate surface area is 127 Å². The summed E-state index contributed by atoms with van der Waals surface area (Å²) >= 11 is 1.55. The van der Waals surface area contributed by atoms with Crippen molar-refractivity contribution >= 4 is 23.5 Å². The zero-order valence-corrected chi connectivity index (χ0v) is 12.7. The van der Waals surface area contributed by atoms with E-state index >= 15 is 0 Å². The molecule has 1 amide bonds. The van der Waals surface area contributed by atoms with Crippen molar-refractivity contribution in [2.45, 2.75) is 24.8 Å². The first-order chi connectivity index (χ1) is 10.1. The molecule has 1 aromatic rings. The molecular weight excluding hydrogens is 290 g/mol. The number of carbonyl (C=O) groups is 1. The maximum atomic E-state index is 12.3. The van der Waals surface area contributed by atoms with E-state index < -0.39 is 5.79 Å². The van der Waals surface area contributed by atoms with Crippen molar-refractivity contribution in [1.82, 2.24) is 10.2 Å². The van der Waals surface area contributed by atoms with Crippen LogP contribution in [0.1, 0.15) is 16.9 Å². The minimum Gasteiger partial charge on any atom is -0.350 e. The van der Waals surface area contributed by atoms with Crippen LogP contribution >= 0.6 is 11.3 Å². The van der Waals surface area contributed by atoms with Crippen molar-refractivity contribution in [3.05, 3.63) is 21.9 Å². The summed E-state index contributed by atoms with van der Waals surface area (Å²) in [6.45, 7) is 2.33. The van der Waals surface area contributed by atoms with E-state index in [1.54, 1.807) is 11.3 Å². The Hall–Kier alpha value is -1.28. The third-order valence-corrected chi connectivity index (χ3v) is 4.88. The Balaban J connectivity index is 1.56. The van der Waals surface area contributed by atoms with Gasteiger partial charge < -0.3 is 20.2 Å². The smallest absolute Gasteiger partial charge is 0.237 e. The van der Waals surface area contributed by atoms with Gasteiger partial charge in [0.2, 0.25) is 5.91 Å². The van der Waals surface area contributed by atoms with E-state index in [0.29, 0.717) is 32.7 Å². The van der Waals surface area contributed by atoms with Crippen LogP contribution in [-0.2, 0) is 20.8 Å². The number of ether oxygens (including phenoxy) is 2. The minimum absolute atomic E-state index is 0.00159. The molecule has 114 valence electrons. The molecule has 1 unspecified atom stereocenters. The van der Waals surface area contributed by atoms with E-state index in [0.717, 1.165) is 10.4 Å². The number of amides is 1. The van der Waals surface area contributed by atoms with Crippen LogP contribution in [-0.4, -0.2) is 55.7 Å². The Morgan fingerprint density at radius 2 is 2.38 bits per heavy atom. The van der Waals surface area contributed by atoms with Crippen molar-refractivity contribution < 1.29 is 14.3 Å². The topological polar surface area (TPSA) is 74.7 Å². The van der Waals surface area contributed by atoms with E-state index in [1.807, 2.05) is 23.4 Å². The predicted molar refractivity (Wildman–Crippen MR) is 79.7 cm³/mol. The van der Waals surface area contributed by atoms with Gasteiger partial charge in [-0.3, -0.25) is 9.69 Å². The highest BCUT2D eigenvalue weighted by Gasteiger charge is 2.49. The Morgan fingerprint density at radius 1 is 1.62 bits per heavy atom. The number of likely N-dealkylation sites (N-methyl/N-ethyl adjacent to an activating group) is 1. The largest absolute Gasteiger partial charge is 0.350 e. The zero-order valence-electron chi connectivity index (χ0n) is 11.9. The number of thiophene rings is 1. The fraction of sp³-hybridized carbons (Fsp3) is 0.571. The van der Waals surface area contributed by atoms with Crippen LogP contribution < -0.4 is 5.32 Å². The van der Waals surface area contributed by atoms with Crippen LogP contribution in [0.25, 0.3) is 0 Å². The lowest BCUT2D eigenvalue weighted by Crippen LogP contribution is -2.40. The van der Waals surface area contributed by atoms with E-state index in [4.69, 9.17) is 14.9 Å². The zero-order chi connectivity index (χ0) is 14.9. The molecule has 0 saturated carbocycles. The average molecular weight is 309 g/mol. The summed E-state index contributed by atoms with van der Waals surface area (Å²) in [7, 11) is 1.92. The maximum Gasteiger partial charge on any atom is 0.237 e. The molecular formula is C14H19N3O3S. The quantitative estimate of drug-likeness (QED) is 0.807. The van der Waals surface area contributed by atoms with E-state index in [-0.39, 0.29) is 11.9 Å². The molecule has 2 fully saturated rings. The van der Waals surface area contributed by atoms with Crippen LogP contribution in [0.4, 0.5) is 0 Å². The highest BCUT2D eigenvalue weighted by molar-refractivity contribution is 7.10. The summed E-state index contributed by atoms with van der Waals surface area (Å²) in [4.78, 5) is 15.4. The lowest BCUT2D eigenvalue weighted by atomic mass is 10.1. The van der Waals surface area contributed by atoms with Gasteiger partial charge >= 0.3 is 0 Å².